The lowest BCUT2D eigenvalue weighted by molar-refractivity contribution is 0.252. The van der Waals surface area contributed by atoms with Gasteiger partial charge in [-0.15, -0.1) is 0 Å². The van der Waals surface area contributed by atoms with Crippen molar-refractivity contribution in [2.45, 2.75) is 19.3 Å². The number of nitrogens with two attached hydrogens (primary N) is 1. The highest BCUT2D eigenvalue weighted by Gasteiger charge is 2.04. The predicted octanol–water partition coefficient (Wildman–Crippen LogP) is 3.42. The number of carbonyl (C=O) groups is 1. The third kappa shape index (κ3) is 4.72. The number of rotatable bonds is 6. The number of nitrogens with one attached hydrogen (secondary N) is 2. The highest BCUT2D eigenvalue weighted by Crippen LogP contribution is 2.22. The summed E-state index contributed by atoms with van der Waals surface area (Å²) in [4.78, 5) is 12.4. The van der Waals surface area contributed by atoms with Crippen molar-refractivity contribution in [2.24, 2.45) is 5.73 Å². The van der Waals surface area contributed by atoms with Gasteiger partial charge in [0.25, 0.3) is 0 Å². The molecular formula is C16H19N3OS. The normalized spacial score (nSPS) is 10.3. The number of benzene rings is 2. The average Bonchev–Trinajstić information content (AvgIpc) is 2.47. The van der Waals surface area contributed by atoms with E-state index in [2.05, 4.69) is 10.6 Å². The molecule has 0 aromatic heterocycles. The molecule has 5 heteroatoms. The number of anilines is 1. The Kier molecular flexibility index (Phi) is 5.51. The van der Waals surface area contributed by atoms with Crippen LogP contribution in [0.15, 0.2) is 42.5 Å². The first-order valence-corrected chi connectivity index (χ1v) is 7.38. The second-order valence-electron chi connectivity index (χ2n) is 4.83. The van der Waals surface area contributed by atoms with Crippen LogP contribution in [-0.2, 0) is 0 Å². The highest BCUT2D eigenvalue weighted by atomic mass is 32.1. The third-order valence-corrected chi connectivity index (χ3v) is 3.38. The Bertz CT molecular complexity index is 637. The Balaban J connectivity index is 1.86. The Morgan fingerprint density at radius 1 is 1.10 bits per heavy atom. The fraction of sp³-hybridized carbons (Fsp3) is 0.250. The van der Waals surface area contributed by atoms with Gasteiger partial charge in [-0.25, -0.2) is 4.79 Å². The Morgan fingerprint density at radius 3 is 2.67 bits per heavy atom. The molecule has 0 aliphatic heterocycles. The molecule has 0 unspecified atom stereocenters. The van der Waals surface area contributed by atoms with Gasteiger partial charge in [0.05, 0.1) is 10.7 Å². The summed E-state index contributed by atoms with van der Waals surface area (Å²) in [5.41, 5.74) is 6.23. The molecule has 2 aromatic rings. The molecular weight excluding hydrogens is 282 g/mol. The number of hydrogen-bond acceptors (Lipinski definition) is 2. The van der Waals surface area contributed by atoms with Crippen LogP contribution in [0.5, 0.6) is 0 Å². The van der Waals surface area contributed by atoms with Crippen molar-refractivity contribution in [3.8, 4) is 0 Å². The summed E-state index contributed by atoms with van der Waals surface area (Å²) in [5.74, 6) is 0. The van der Waals surface area contributed by atoms with E-state index in [0.717, 1.165) is 35.7 Å². The summed E-state index contributed by atoms with van der Waals surface area (Å²) in [5, 5.41) is 7.85. The molecule has 0 spiro atoms. The van der Waals surface area contributed by atoms with Gasteiger partial charge in [0.2, 0.25) is 0 Å². The van der Waals surface area contributed by atoms with Gasteiger partial charge in [0.15, 0.2) is 0 Å². The average molecular weight is 301 g/mol. The molecule has 0 aliphatic carbocycles. The number of thiocarbonyl (C=S) groups is 1. The maximum atomic E-state index is 11.9. The summed E-state index contributed by atoms with van der Waals surface area (Å²) in [6.07, 6.45) is 2.48. The summed E-state index contributed by atoms with van der Waals surface area (Å²) in [6, 6.07) is 13.6. The zero-order valence-corrected chi connectivity index (χ0v) is 12.6. The Morgan fingerprint density at radius 2 is 1.86 bits per heavy atom. The smallest absolute Gasteiger partial charge is 0.319 e. The van der Waals surface area contributed by atoms with Gasteiger partial charge >= 0.3 is 6.03 Å². The van der Waals surface area contributed by atoms with Crippen LogP contribution in [-0.4, -0.2) is 17.6 Å². The molecule has 0 saturated heterocycles. The first kappa shape index (κ1) is 15.3. The zero-order chi connectivity index (χ0) is 15.1. The largest absolute Gasteiger partial charge is 0.393 e. The number of unbranched alkanes of at least 4 members (excludes halogenated alkanes) is 1. The van der Waals surface area contributed by atoms with E-state index in [0.29, 0.717) is 11.5 Å². The molecule has 0 saturated carbocycles. The molecule has 2 amide bonds. The molecule has 4 N–H and O–H groups in total. The van der Waals surface area contributed by atoms with Gasteiger partial charge in [-0.1, -0.05) is 48.6 Å². The van der Waals surface area contributed by atoms with E-state index in [1.165, 1.54) is 0 Å². The molecule has 2 rings (SSSR count). The van der Waals surface area contributed by atoms with Crippen LogP contribution in [0.25, 0.3) is 10.8 Å². The van der Waals surface area contributed by atoms with Crippen molar-refractivity contribution in [1.29, 1.82) is 0 Å². The van der Waals surface area contributed by atoms with Crippen LogP contribution in [0.2, 0.25) is 0 Å². The third-order valence-electron chi connectivity index (χ3n) is 3.17. The molecule has 0 aliphatic rings. The number of urea groups is 1. The molecule has 4 nitrogen and oxygen atoms in total. The van der Waals surface area contributed by atoms with Crippen LogP contribution < -0.4 is 16.4 Å². The van der Waals surface area contributed by atoms with Gasteiger partial charge in [-0.3, -0.25) is 0 Å². The van der Waals surface area contributed by atoms with Gasteiger partial charge in [0.1, 0.15) is 0 Å². The van der Waals surface area contributed by atoms with E-state index in [4.69, 9.17) is 18.0 Å². The van der Waals surface area contributed by atoms with Crippen molar-refractivity contribution in [3.63, 3.8) is 0 Å². The highest BCUT2D eigenvalue weighted by molar-refractivity contribution is 7.80. The molecule has 110 valence electrons. The van der Waals surface area contributed by atoms with Crippen molar-refractivity contribution in [3.05, 3.63) is 42.5 Å². The van der Waals surface area contributed by atoms with Gasteiger partial charge < -0.3 is 16.4 Å². The lowest BCUT2D eigenvalue weighted by atomic mass is 10.1. The number of carbonyl (C=O) groups excluding carboxylic acids is 1. The monoisotopic (exact) mass is 301 g/mol. The maximum Gasteiger partial charge on any atom is 0.319 e. The van der Waals surface area contributed by atoms with Gasteiger partial charge in [-0.05, 0) is 30.7 Å². The molecule has 0 bridgehead atoms. The van der Waals surface area contributed by atoms with E-state index in [1.54, 1.807) is 0 Å². The quantitative estimate of drug-likeness (QED) is 0.566. The van der Waals surface area contributed by atoms with Crippen LogP contribution in [0.1, 0.15) is 19.3 Å². The fourth-order valence-electron chi connectivity index (χ4n) is 2.13. The van der Waals surface area contributed by atoms with Crippen LogP contribution in [0.4, 0.5) is 10.5 Å². The standard InChI is InChI=1S/C16H19N3OS/c17-15(21)10-3-4-11-18-16(20)19-14-9-5-7-12-6-1-2-8-13(12)14/h1-2,5-9H,3-4,10-11H2,(H2,17,21)(H2,18,19,20). The summed E-state index contributed by atoms with van der Waals surface area (Å²) < 4.78 is 0. The van der Waals surface area contributed by atoms with E-state index < -0.39 is 0 Å². The van der Waals surface area contributed by atoms with E-state index in [9.17, 15) is 4.79 Å². The second kappa shape index (κ2) is 7.59. The van der Waals surface area contributed by atoms with E-state index in [-0.39, 0.29) is 6.03 Å². The first-order valence-electron chi connectivity index (χ1n) is 6.98. The van der Waals surface area contributed by atoms with Gasteiger partial charge in [-0.2, -0.15) is 0 Å². The first-order chi connectivity index (χ1) is 10.2. The molecule has 0 fully saturated rings. The zero-order valence-electron chi connectivity index (χ0n) is 11.8. The minimum Gasteiger partial charge on any atom is -0.393 e. The van der Waals surface area contributed by atoms with Crippen molar-refractivity contribution < 1.29 is 4.79 Å². The molecule has 0 radical (unpaired) electrons. The van der Waals surface area contributed by atoms with Gasteiger partial charge in [0, 0.05) is 11.9 Å². The van der Waals surface area contributed by atoms with Crippen LogP contribution in [0, 0.1) is 0 Å². The number of hydrogen-bond donors (Lipinski definition) is 3. The topological polar surface area (TPSA) is 67.1 Å². The predicted molar refractivity (Wildman–Crippen MR) is 91.6 cm³/mol. The van der Waals surface area contributed by atoms with Crippen LogP contribution in [0.3, 0.4) is 0 Å². The molecule has 0 heterocycles. The number of amides is 2. The fourth-order valence-corrected chi connectivity index (χ4v) is 2.27. The summed E-state index contributed by atoms with van der Waals surface area (Å²) in [7, 11) is 0. The second-order valence-corrected chi connectivity index (χ2v) is 5.36. The Hall–Kier alpha value is -2.14. The minimum atomic E-state index is -0.193. The molecule has 0 atom stereocenters. The van der Waals surface area contributed by atoms with E-state index >= 15 is 0 Å². The van der Waals surface area contributed by atoms with Crippen molar-refractivity contribution >= 4 is 39.7 Å². The molecule has 2 aromatic carbocycles. The maximum absolute atomic E-state index is 11.9. The Labute approximate surface area is 129 Å². The lowest BCUT2D eigenvalue weighted by Gasteiger charge is -2.10. The van der Waals surface area contributed by atoms with Crippen LogP contribution >= 0.6 is 12.2 Å². The molecule has 21 heavy (non-hydrogen) atoms. The van der Waals surface area contributed by atoms with E-state index in [1.807, 2.05) is 42.5 Å². The summed E-state index contributed by atoms with van der Waals surface area (Å²) in [6.45, 7) is 0.610. The SMILES string of the molecule is NC(=S)CCCCNC(=O)Nc1cccc2ccccc12. The number of fused-ring (bicyclic) bond motifs is 1. The van der Waals surface area contributed by atoms with Crippen molar-refractivity contribution in [1.82, 2.24) is 5.32 Å². The summed E-state index contributed by atoms with van der Waals surface area (Å²) >= 11 is 4.81. The minimum absolute atomic E-state index is 0.193. The van der Waals surface area contributed by atoms with Crippen molar-refractivity contribution in [2.75, 3.05) is 11.9 Å². The lowest BCUT2D eigenvalue weighted by Crippen LogP contribution is -2.29.